The zero-order chi connectivity index (χ0) is 7.68. The Morgan fingerprint density at radius 3 is 3.08 bits per heavy atom. The molecule has 1 atom stereocenters. The molecule has 0 fully saturated rings. The number of pyridine rings is 1. The zero-order valence-electron chi connectivity index (χ0n) is 6.96. The average molecular weight is 374 g/mol. The van der Waals surface area contributed by atoms with Gasteiger partial charge in [-0.25, -0.2) is 0 Å². The summed E-state index contributed by atoms with van der Waals surface area (Å²) in [6.45, 7) is 0. The van der Waals surface area contributed by atoms with Crippen LogP contribution in [0.5, 0.6) is 0 Å². The molecule has 2 nitrogen and oxygen atoms in total. The fourth-order valence-corrected chi connectivity index (χ4v) is 1.61. The van der Waals surface area contributed by atoms with Gasteiger partial charge in [0.15, 0.2) is 0 Å². The molecule has 1 N–H and O–H groups in total. The van der Waals surface area contributed by atoms with Crippen LogP contribution in [-0.2, 0) is 6.42 Å². The van der Waals surface area contributed by atoms with Crippen molar-refractivity contribution in [1.29, 1.82) is 0 Å². The standard InChI is InChI=1S/C9H11N2.Ac/c10-8-5-1-3-7-4-2-6-11-9(7)8;/h2,4,6,8,10H,1,3,5H2;/q-1;/t8-;/m1./s1. The van der Waals surface area contributed by atoms with E-state index in [2.05, 4.69) is 11.1 Å². The Kier molecular flexibility index (Phi) is 4.16. The van der Waals surface area contributed by atoms with Crippen molar-refractivity contribution in [2.45, 2.75) is 25.3 Å². The van der Waals surface area contributed by atoms with Crippen LogP contribution in [0.2, 0.25) is 0 Å². The Morgan fingerprint density at radius 1 is 1.50 bits per heavy atom. The van der Waals surface area contributed by atoms with Crippen LogP contribution in [0, 0.1) is 44.1 Å². The molecule has 1 aromatic heterocycles. The molecule has 61 valence electrons. The summed E-state index contributed by atoms with van der Waals surface area (Å²) >= 11 is 0. The third-order valence-electron chi connectivity index (χ3n) is 2.20. The van der Waals surface area contributed by atoms with E-state index in [1.165, 1.54) is 5.56 Å². The molecule has 1 aliphatic rings. The molecular formula is C9H11AcN2-. The minimum absolute atomic E-state index is 0. The van der Waals surface area contributed by atoms with Crippen LogP contribution in [0.3, 0.4) is 0 Å². The van der Waals surface area contributed by atoms with Gasteiger partial charge in [-0.1, -0.05) is 24.9 Å². The Balaban J connectivity index is 0.000000720. The molecule has 0 spiro atoms. The van der Waals surface area contributed by atoms with Gasteiger partial charge in [0.25, 0.3) is 0 Å². The number of hydrogen-bond donors (Lipinski definition) is 0. The molecule has 0 unspecified atom stereocenters. The van der Waals surface area contributed by atoms with Crippen LogP contribution in [0.15, 0.2) is 18.3 Å². The molecular weight excluding hydrogens is 363 g/mol. The summed E-state index contributed by atoms with van der Waals surface area (Å²) in [6, 6.07) is 3.97. The summed E-state index contributed by atoms with van der Waals surface area (Å²) in [4.78, 5) is 4.21. The van der Waals surface area contributed by atoms with Crippen molar-refractivity contribution in [2.75, 3.05) is 0 Å². The molecule has 1 aliphatic carbocycles. The maximum atomic E-state index is 7.69. The van der Waals surface area contributed by atoms with Crippen LogP contribution in [0.4, 0.5) is 0 Å². The van der Waals surface area contributed by atoms with Gasteiger partial charge in [-0.05, 0) is 18.1 Å². The van der Waals surface area contributed by atoms with Gasteiger partial charge in [0, 0.05) is 56.0 Å². The van der Waals surface area contributed by atoms with E-state index < -0.39 is 0 Å². The quantitative estimate of drug-likeness (QED) is 0.688. The first-order valence-electron chi connectivity index (χ1n) is 4.03. The van der Waals surface area contributed by atoms with Gasteiger partial charge >= 0.3 is 0 Å². The van der Waals surface area contributed by atoms with Crippen LogP contribution in [0.25, 0.3) is 5.73 Å². The van der Waals surface area contributed by atoms with Crippen molar-refractivity contribution in [1.82, 2.24) is 4.98 Å². The largest absolute Gasteiger partial charge is 0.670 e. The smallest absolute Gasteiger partial charge is 0.0270 e. The molecule has 0 amide bonds. The van der Waals surface area contributed by atoms with Gasteiger partial charge in [-0.3, -0.25) is 4.98 Å². The molecule has 0 saturated carbocycles. The van der Waals surface area contributed by atoms with Crippen molar-refractivity contribution in [3.63, 3.8) is 0 Å². The number of fused-ring (bicyclic) bond motifs is 1. The van der Waals surface area contributed by atoms with E-state index in [1.54, 1.807) is 6.20 Å². The zero-order valence-corrected chi connectivity index (χ0v) is 11.7. The number of aryl methyl sites for hydroxylation is 1. The maximum Gasteiger partial charge on any atom is 0.0270 e. The van der Waals surface area contributed by atoms with E-state index in [0.717, 1.165) is 25.0 Å². The molecule has 0 saturated heterocycles. The predicted octanol–water partition coefficient (Wildman–Crippen LogP) is 2.51. The SMILES string of the molecule is [Ac].[NH-][C@@H]1CCCc2cccnc21. The van der Waals surface area contributed by atoms with Crippen molar-refractivity contribution in [2.24, 2.45) is 0 Å². The van der Waals surface area contributed by atoms with Gasteiger partial charge < -0.3 is 5.73 Å². The average Bonchev–Trinajstić information content (AvgIpc) is 2.06. The first kappa shape index (κ1) is 10.6. The predicted molar refractivity (Wildman–Crippen MR) is 44.2 cm³/mol. The Hall–Kier alpha value is 0.552. The topological polar surface area (TPSA) is 36.7 Å². The summed E-state index contributed by atoms with van der Waals surface area (Å²) in [5.41, 5.74) is 9.97. The minimum Gasteiger partial charge on any atom is -0.670 e. The van der Waals surface area contributed by atoms with Crippen molar-refractivity contribution in [3.05, 3.63) is 35.3 Å². The van der Waals surface area contributed by atoms with E-state index in [1.807, 2.05) is 6.07 Å². The van der Waals surface area contributed by atoms with Crippen LogP contribution in [-0.4, -0.2) is 4.98 Å². The van der Waals surface area contributed by atoms with Gasteiger partial charge in [-0.15, -0.1) is 0 Å². The molecule has 3 heteroatoms. The van der Waals surface area contributed by atoms with E-state index >= 15 is 0 Å². The van der Waals surface area contributed by atoms with E-state index in [0.29, 0.717) is 0 Å². The molecule has 1 radical (unpaired) electrons. The maximum absolute atomic E-state index is 7.69. The van der Waals surface area contributed by atoms with Gasteiger partial charge in [-0.2, -0.15) is 0 Å². The fourth-order valence-electron chi connectivity index (χ4n) is 1.61. The second-order valence-corrected chi connectivity index (χ2v) is 2.99. The second-order valence-electron chi connectivity index (χ2n) is 2.99. The van der Waals surface area contributed by atoms with Gasteiger partial charge in [0.2, 0.25) is 0 Å². The summed E-state index contributed by atoms with van der Waals surface area (Å²) in [5.74, 6) is 0. The molecule has 1 aromatic rings. The van der Waals surface area contributed by atoms with Crippen LogP contribution in [0.1, 0.15) is 30.1 Å². The molecule has 0 bridgehead atoms. The minimum atomic E-state index is -0.0695. The summed E-state index contributed by atoms with van der Waals surface area (Å²) in [6.07, 6.45) is 5.01. The normalized spacial score (nSPS) is 20.9. The number of hydrogen-bond acceptors (Lipinski definition) is 1. The number of rotatable bonds is 0. The number of nitrogens with zero attached hydrogens (tertiary/aromatic N) is 1. The number of aromatic nitrogens is 1. The monoisotopic (exact) mass is 374 g/mol. The Labute approximate surface area is 109 Å². The third kappa shape index (κ3) is 2.07. The summed E-state index contributed by atoms with van der Waals surface area (Å²) in [5, 5.41) is 0. The summed E-state index contributed by atoms with van der Waals surface area (Å²) in [7, 11) is 0. The van der Waals surface area contributed by atoms with Crippen molar-refractivity contribution < 1.29 is 44.1 Å². The molecule has 12 heavy (non-hydrogen) atoms. The molecule has 2 rings (SSSR count). The Bertz CT molecular complexity index is 262. The first-order chi connectivity index (χ1) is 5.38. The first-order valence-corrected chi connectivity index (χ1v) is 4.03. The Morgan fingerprint density at radius 2 is 2.33 bits per heavy atom. The van der Waals surface area contributed by atoms with Gasteiger partial charge in [0.1, 0.15) is 0 Å². The van der Waals surface area contributed by atoms with Gasteiger partial charge in [0.05, 0.1) is 0 Å². The van der Waals surface area contributed by atoms with Crippen LogP contribution >= 0.6 is 0 Å². The van der Waals surface area contributed by atoms with E-state index in [4.69, 9.17) is 5.73 Å². The van der Waals surface area contributed by atoms with Crippen LogP contribution < -0.4 is 0 Å². The van der Waals surface area contributed by atoms with Crippen molar-refractivity contribution >= 4 is 0 Å². The second kappa shape index (κ2) is 4.69. The fraction of sp³-hybridized carbons (Fsp3) is 0.444. The van der Waals surface area contributed by atoms with E-state index in [9.17, 15) is 0 Å². The number of nitrogens with one attached hydrogen (secondary N) is 1. The molecule has 0 aromatic carbocycles. The van der Waals surface area contributed by atoms with Crippen molar-refractivity contribution in [3.8, 4) is 0 Å². The molecule has 1 heterocycles. The molecule has 0 aliphatic heterocycles. The third-order valence-corrected chi connectivity index (χ3v) is 2.20. The van der Waals surface area contributed by atoms with E-state index in [-0.39, 0.29) is 50.1 Å². The summed E-state index contributed by atoms with van der Waals surface area (Å²) < 4.78 is 0.